The first-order chi connectivity index (χ1) is 14.9. The second-order valence-corrected chi connectivity index (χ2v) is 6.61. The van der Waals surface area contributed by atoms with Crippen molar-refractivity contribution in [1.29, 1.82) is 0 Å². The summed E-state index contributed by atoms with van der Waals surface area (Å²) >= 11 is 0. The number of ether oxygens (including phenoxy) is 3. The lowest BCUT2D eigenvalue weighted by Crippen LogP contribution is -2.31. The van der Waals surface area contributed by atoms with E-state index in [2.05, 4.69) is 14.5 Å². The standard InChI is InChI=1S/C22H26N2O7/c1-29-21(27)18(22(28)30-2)15-16-6-8-17(9-7-16)31-14-13-24(12-10-20(25)26)19-5-3-4-11-23-19/h3-9,11,18H,10,12-15H2,1-2H3,(H,25,26). The van der Waals surface area contributed by atoms with E-state index in [0.29, 0.717) is 31.3 Å². The largest absolute Gasteiger partial charge is 0.492 e. The van der Waals surface area contributed by atoms with Crippen LogP contribution in [-0.4, -0.2) is 61.9 Å². The van der Waals surface area contributed by atoms with Gasteiger partial charge in [-0.1, -0.05) is 18.2 Å². The van der Waals surface area contributed by atoms with Crippen LogP contribution < -0.4 is 9.64 Å². The number of aromatic nitrogens is 1. The molecule has 0 saturated carbocycles. The van der Waals surface area contributed by atoms with E-state index in [1.165, 1.54) is 14.2 Å². The van der Waals surface area contributed by atoms with Gasteiger partial charge in [0.25, 0.3) is 0 Å². The van der Waals surface area contributed by atoms with Crippen LogP contribution in [0, 0.1) is 5.92 Å². The van der Waals surface area contributed by atoms with Crippen molar-refractivity contribution in [3.8, 4) is 5.75 Å². The first-order valence-corrected chi connectivity index (χ1v) is 9.69. The third kappa shape index (κ3) is 7.61. The number of benzene rings is 1. The van der Waals surface area contributed by atoms with Crippen molar-refractivity contribution in [3.63, 3.8) is 0 Å². The molecule has 166 valence electrons. The summed E-state index contributed by atoms with van der Waals surface area (Å²) in [6.07, 6.45) is 1.80. The predicted molar refractivity (Wildman–Crippen MR) is 112 cm³/mol. The third-order valence-electron chi connectivity index (χ3n) is 4.53. The van der Waals surface area contributed by atoms with Crippen LogP contribution in [0.4, 0.5) is 5.82 Å². The van der Waals surface area contributed by atoms with Gasteiger partial charge >= 0.3 is 17.9 Å². The highest BCUT2D eigenvalue weighted by molar-refractivity contribution is 5.95. The average molecular weight is 430 g/mol. The fraction of sp³-hybridized carbons (Fsp3) is 0.364. The Balaban J connectivity index is 1.93. The number of carboxylic acid groups (broad SMARTS) is 1. The van der Waals surface area contributed by atoms with Gasteiger partial charge in [-0.3, -0.25) is 14.4 Å². The minimum absolute atomic E-state index is 0.00712. The Morgan fingerprint density at radius 1 is 1.00 bits per heavy atom. The van der Waals surface area contributed by atoms with Crippen molar-refractivity contribution in [1.82, 2.24) is 4.98 Å². The lowest BCUT2D eigenvalue weighted by Gasteiger charge is -2.23. The smallest absolute Gasteiger partial charge is 0.320 e. The van der Waals surface area contributed by atoms with Crippen LogP contribution in [0.3, 0.4) is 0 Å². The maximum atomic E-state index is 11.8. The number of hydrogen-bond acceptors (Lipinski definition) is 8. The van der Waals surface area contributed by atoms with Crippen molar-refractivity contribution in [2.75, 3.05) is 38.8 Å². The number of aliphatic carboxylic acids is 1. The monoisotopic (exact) mass is 430 g/mol. The summed E-state index contributed by atoms with van der Waals surface area (Å²) in [5.74, 6) is -1.92. The molecule has 0 fully saturated rings. The van der Waals surface area contributed by atoms with E-state index < -0.39 is 23.8 Å². The molecule has 2 rings (SSSR count). The molecule has 0 unspecified atom stereocenters. The number of rotatable bonds is 12. The zero-order chi connectivity index (χ0) is 22.6. The summed E-state index contributed by atoms with van der Waals surface area (Å²) in [7, 11) is 2.44. The number of esters is 2. The van der Waals surface area contributed by atoms with Crippen molar-refractivity contribution in [2.24, 2.45) is 5.92 Å². The van der Waals surface area contributed by atoms with E-state index in [1.807, 2.05) is 17.0 Å². The summed E-state index contributed by atoms with van der Waals surface area (Å²) in [6, 6.07) is 12.4. The fourth-order valence-corrected chi connectivity index (χ4v) is 2.89. The molecular weight excluding hydrogens is 404 g/mol. The summed E-state index contributed by atoms with van der Waals surface area (Å²) < 4.78 is 15.1. The highest BCUT2D eigenvalue weighted by Gasteiger charge is 2.28. The molecule has 0 radical (unpaired) electrons. The van der Waals surface area contributed by atoms with E-state index >= 15 is 0 Å². The minimum atomic E-state index is -1.03. The van der Waals surface area contributed by atoms with E-state index in [1.54, 1.807) is 36.5 Å². The molecule has 1 aromatic heterocycles. The molecule has 31 heavy (non-hydrogen) atoms. The zero-order valence-corrected chi connectivity index (χ0v) is 17.5. The van der Waals surface area contributed by atoms with E-state index in [9.17, 15) is 14.4 Å². The van der Waals surface area contributed by atoms with Gasteiger partial charge in [0.05, 0.1) is 27.2 Å². The molecule has 1 N–H and O–H groups in total. The number of carbonyl (C=O) groups is 3. The number of methoxy groups -OCH3 is 2. The lowest BCUT2D eigenvalue weighted by molar-refractivity contribution is -0.158. The van der Waals surface area contributed by atoms with Gasteiger partial charge in [0, 0.05) is 12.7 Å². The van der Waals surface area contributed by atoms with Crippen molar-refractivity contribution in [2.45, 2.75) is 12.8 Å². The number of anilines is 1. The Kier molecular flexibility index (Phi) is 9.28. The maximum absolute atomic E-state index is 11.8. The van der Waals surface area contributed by atoms with Gasteiger partial charge in [0.15, 0.2) is 5.92 Å². The van der Waals surface area contributed by atoms with Gasteiger partial charge in [-0.25, -0.2) is 4.98 Å². The van der Waals surface area contributed by atoms with Crippen molar-refractivity contribution in [3.05, 3.63) is 54.2 Å². The number of nitrogens with zero attached hydrogens (tertiary/aromatic N) is 2. The van der Waals surface area contributed by atoms with Gasteiger partial charge in [0.1, 0.15) is 18.2 Å². The van der Waals surface area contributed by atoms with Crippen LogP contribution in [0.2, 0.25) is 0 Å². The van der Waals surface area contributed by atoms with E-state index in [4.69, 9.17) is 9.84 Å². The van der Waals surface area contributed by atoms with Crippen LogP contribution in [0.1, 0.15) is 12.0 Å². The Morgan fingerprint density at radius 3 is 2.23 bits per heavy atom. The highest BCUT2D eigenvalue weighted by Crippen LogP contribution is 2.17. The fourth-order valence-electron chi connectivity index (χ4n) is 2.89. The second-order valence-electron chi connectivity index (χ2n) is 6.61. The SMILES string of the molecule is COC(=O)C(Cc1ccc(OCCN(CCC(=O)O)c2ccccn2)cc1)C(=O)OC. The minimum Gasteiger partial charge on any atom is -0.492 e. The number of carbonyl (C=O) groups excluding carboxylic acids is 2. The van der Waals surface area contributed by atoms with Crippen LogP contribution in [-0.2, 0) is 30.3 Å². The first kappa shape index (κ1) is 23.7. The molecule has 1 heterocycles. The Labute approximate surface area is 180 Å². The molecule has 0 bridgehead atoms. The molecule has 0 aliphatic carbocycles. The van der Waals surface area contributed by atoms with Crippen LogP contribution in [0.15, 0.2) is 48.7 Å². The first-order valence-electron chi connectivity index (χ1n) is 9.69. The highest BCUT2D eigenvalue weighted by atomic mass is 16.5. The topological polar surface area (TPSA) is 115 Å². The normalized spacial score (nSPS) is 10.4. The van der Waals surface area contributed by atoms with E-state index in [-0.39, 0.29) is 12.8 Å². The van der Waals surface area contributed by atoms with Crippen LogP contribution >= 0.6 is 0 Å². The Morgan fingerprint density at radius 2 is 1.68 bits per heavy atom. The summed E-state index contributed by atoms with van der Waals surface area (Å²) in [4.78, 5) is 40.7. The van der Waals surface area contributed by atoms with Crippen molar-refractivity contribution < 1.29 is 33.7 Å². The van der Waals surface area contributed by atoms with Gasteiger partial charge in [-0.15, -0.1) is 0 Å². The molecule has 2 aromatic rings. The molecule has 0 aliphatic heterocycles. The lowest BCUT2D eigenvalue weighted by atomic mass is 9.99. The molecule has 9 heteroatoms. The zero-order valence-electron chi connectivity index (χ0n) is 17.5. The van der Waals surface area contributed by atoms with Gasteiger partial charge in [-0.05, 0) is 36.2 Å². The molecule has 0 amide bonds. The Hall–Kier alpha value is -3.62. The van der Waals surface area contributed by atoms with Gasteiger partial charge in [0.2, 0.25) is 0 Å². The maximum Gasteiger partial charge on any atom is 0.320 e. The average Bonchev–Trinajstić information content (AvgIpc) is 2.80. The summed E-state index contributed by atoms with van der Waals surface area (Å²) in [6.45, 7) is 1.10. The number of carboxylic acids is 1. The quantitative estimate of drug-likeness (QED) is 0.398. The molecule has 0 spiro atoms. The summed E-state index contributed by atoms with van der Waals surface area (Å²) in [5.41, 5.74) is 0.754. The predicted octanol–water partition coefficient (Wildman–Crippen LogP) is 1.95. The van der Waals surface area contributed by atoms with E-state index in [0.717, 1.165) is 5.56 Å². The Bertz CT molecular complexity index is 840. The van der Waals surface area contributed by atoms with Crippen LogP contribution in [0.25, 0.3) is 0 Å². The molecule has 0 atom stereocenters. The van der Waals surface area contributed by atoms with Crippen molar-refractivity contribution >= 4 is 23.7 Å². The van der Waals surface area contributed by atoms with Gasteiger partial charge < -0.3 is 24.2 Å². The molecular formula is C22H26N2O7. The number of pyridine rings is 1. The van der Waals surface area contributed by atoms with Gasteiger partial charge in [-0.2, -0.15) is 0 Å². The second kappa shape index (κ2) is 12.2. The summed E-state index contributed by atoms with van der Waals surface area (Å²) in [5, 5.41) is 8.97. The third-order valence-corrected chi connectivity index (χ3v) is 4.53. The molecule has 1 aromatic carbocycles. The molecule has 0 aliphatic rings. The molecule has 0 saturated heterocycles. The molecule has 9 nitrogen and oxygen atoms in total. The van der Waals surface area contributed by atoms with Crippen LogP contribution in [0.5, 0.6) is 5.75 Å². The number of hydrogen-bond donors (Lipinski definition) is 1.